The molecule has 1 aromatic carbocycles. The first-order chi connectivity index (χ1) is 12.1. The first-order valence-corrected chi connectivity index (χ1v) is 8.78. The van der Waals surface area contributed by atoms with Crippen LogP contribution in [0.2, 0.25) is 0 Å². The molecule has 134 valence electrons. The molecule has 25 heavy (non-hydrogen) atoms. The minimum atomic E-state index is -0.107. The number of amides is 1. The molecule has 1 aromatic heterocycles. The highest BCUT2D eigenvalue weighted by Crippen LogP contribution is 2.11. The van der Waals surface area contributed by atoms with Crippen molar-refractivity contribution < 1.29 is 4.79 Å². The summed E-state index contributed by atoms with van der Waals surface area (Å²) in [5, 5.41) is 13.2. The molecule has 0 saturated carbocycles. The van der Waals surface area contributed by atoms with Gasteiger partial charge in [-0.1, -0.05) is 22.0 Å². The summed E-state index contributed by atoms with van der Waals surface area (Å²) < 4.78 is 2.56. The Labute approximate surface area is 155 Å². The van der Waals surface area contributed by atoms with Crippen molar-refractivity contribution in [3.8, 4) is 0 Å². The highest BCUT2D eigenvalue weighted by atomic mass is 79.9. The van der Waals surface area contributed by atoms with Crippen LogP contribution in [0, 0.1) is 0 Å². The predicted octanol–water partition coefficient (Wildman–Crippen LogP) is 1.06. The molecule has 2 aromatic rings. The van der Waals surface area contributed by atoms with E-state index < -0.39 is 0 Å². The fourth-order valence-electron chi connectivity index (χ4n) is 2.04. The van der Waals surface area contributed by atoms with Gasteiger partial charge >= 0.3 is 0 Å². The molecule has 0 unspecified atom stereocenters. The van der Waals surface area contributed by atoms with Crippen molar-refractivity contribution in [3.63, 3.8) is 0 Å². The Morgan fingerprint density at radius 2 is 2.08 bits per heavy atom. The molecule has 0 atom stereocenters. The van der Waals surface area contributed by atoms with Crippen molar-refractivity contribution >= 4 is 27.8 Å². The number of guanidine groups is 1. The van der Waals surface area contributed by atoms with E-state index in [-0.39, 0.29) is 5.91 Å². The van der Waals surface area contributed by atoms with E-state index >= 15 is 0 Å². The standard InChI is InChI=1S/C16H22BrN7O/c1-3-18-16(21-10-14-22-11-23-24(14)2)20-8-7-19-15(25)12-5-4-6-13(17)9-12/h4-6,9,11H,3,7-8,10H2,1-2H3,(H,19,25)(H2,18,20,21). The Balaban J connectivity index is 1.79. The van der Waals surface area contributed by atoms with E-state index in [0.29, 0.717) is 31.2 Å². The molecule has 0 spiro atoms. The summed E-state index contributed by atoms with van der Waals surface area (Å²) >= 11 is 3.36. The van der Waals surface area contributed by atoms with E-state index in [4.69, 9.17) is 0 Å². The third-order valence-electron chi connectivity index (χ3n) is 3.32. The summed E-state index contributed by atoms with van der Waals surface area (Å²) in [6.45, 7) is 4.21. The van der Waals surface area contributed by atoms with E-state index in [9.17, 15) is 4.79 Å². The number of carbonyl (C=O) groups excluding carboxylic acids is 1. The molecule has 0 saturated heterocycles. The van der Waals surface area contributed by atoms with Crippen LogP contribution in [0.4, 0.5) is 0 Å². The minimum Gasteiger partial charge on any atom is -0.357 e. The van der Waals surface area contributed by atoms with Gasteiger partial charge in [0.05, 0.1) is 0 Å². The number of hydrogen-bond donors (Lipinski definition) is 3. The lowest BCUT2D eigenvalue weighted by Gasteiger charge is -2.12. The van der Waals surface area contributed by atoms with Gasteiger partial charge in [-0.05, 0) is 25.1 Å². The Morgan fingerprint density at radius 1 is 1.28 bits per heavy atom. The zero-order chi connectivity index (χ0) is 18.1. The van der Waals surface area contributed by atoms with Gasteiger partial charge in [0.2, 0.25) is 0 Å². The van der Waals surface area contributed by atoms with Crippen molar-refractivity contribution in [1.29, 1.82) is 0 Å². The monoisotopic (exact) mass is 407 g/mol. The Bertz CT molecular complexity index is 729. The minimum absolute atomic E-state index is 0.107. The first kappa shape index (κ1) is 18.9. The maximum absolute atomic E-state index is 12.1. The van der Waals surface area contributed by atoms with Gasteiger partial charge in [-0.2, -0.15) is 5.10 Å². The normalized spacial score (nSPS) is 11.2. The van der Waals surface area contributed by atoms with Gasteiger partial charge in [0.15, 0.2) is 5.96 Å². The van der Waals surface area contributed by atoms with Crippen LogP contribution in [0.25, 0.3) is 0 Å². The van der Waals surface area contributed by atoms with Crippen LogP contribution >= 0.6 is 15.9 Å². The molecule has 1 heterocycles. The van der Waals surface area contributed by atoms with Crippen LogP contribution in [0.1, 0.15) is 23.1 Å². The Kier molecular flexibility index (Phi) is 7.39. The number of rotatable bonds is 7. The molecule has 0 radical (unpaired) electrons. The quantitative estimate of drug-likeness (QED) is 0.362. The van der Waals surface area contributed by atoms with Crippen LogP contribution in [-0.2, 0) is 13.6 Å². The lowest BCUT2D eigenvalue weighted by molar-refractivity contribution is 0.0954. The second-order valence-corrected chi connectivity index (χ2v) is 6.10. The molecule has 0 aliphatic heterocycles. The van der Waals surface area contributed by atoms with E-state index in [1.807, 2.05) is 26.1 Å². The molecule has 0 aliphatic rings. The molecule has 9 heteroatoms. The average molecular weight is 408 g/mol. The highest BCUT2D eigenvalue weighted by Gasteiger charge is 2.05. The van der Waals surface area contributed by atoms with Crippen LogP contribution < -0.4 is 16.0 Å². The lowest BCUT2D eigenvalue weighted by Crippen LogP contribution is -2.41. The topological polar surface area (TPSA) is 96.2 Å². The smallest absolute Gasteiger partial charge is 0.251 e. The highest BCUT2D eigenvalue weighted by molar-refractivity contribution is 9.10. The van der Waals surface area contributed by atoms with E-state index in [1.165, 1.54) is 6.33 Å². The van der Waals surface area contributed by atoms with Crippen LogP contribution in [-0.4, -0.2) is 46.3 Å². The van der Waals surface area contributed by atoms with Crippen LogP contribution in [0.3, 0.4) is 0 Å². The number of benzene rings is 1. The van der Waals surface area contributed by atoms with Crippen LogP contribution in [0.5, 0.6) is 0 Å². The molecule has 1 amide bonds. The molecule has 8 nitrogen and oxygen atoms in total. The third-order valence-corrected chi connectivity index (χ3v) is 3.81. The number of halogens is 1. The number of aliphatic imine (C=N–C) groups is 1. The van der Waals surface area contributed by atoms with Gasteiger partial charge in [0, 0.05) is 36.7 Å². The third kappa shape index (κ3) is 6.18. The second-order valence-electron chi connectivity index (χ2n) is 5.19. The lowest BCUT2D eigenvalue weighted by atomic mass is 10.2. The average Bonchev–Trinajstić information content (AvgIpc) is 3.01. The van der Waals surface area contributed by atoms with Crippen molar-refractivity contribution in [3.05, 3.63) is 46.5 Å². The van der Waals surface area contributed by atoms with Gasteiger partial charge in [-0.15, -0.1) is 0 Å². The molecule has 3 N–H and O–H groups in total. The number of nitrogens with one attached hydrogen (secondary N) is 3. The van der Waals surface area contributed by atoms with Crippen molar-refractivity contribution in [2.45, 2.75) is 13.5 Å². The molecule has 0 fully saturated rings. The second kappa shape index (κ2) is 9.77. The van der Waals surface area contributed by atoms with Gasteiger partial charge in [0.25, 0.3) is 5.91 Å². The predicted molar refractivity (Wildman–Crippen MR) is 100 cm³/mol. The summed E-state index contributed by atoms with van der Waals surface area (Å²) in [5.74, 6) is 1.34. The molecular formula is C16H22BrN7O. The number of aryl methyl sites for hydroxylation is 1. The first-order valence-electron chi connectivity index (χ1n) is 7.99. The van der Waals surface area contributed by atoms with Crippen molar-refractivity contribution in [2.75, 3.05) is 19.6 Å². The Morgan fingerprint density at radius 3 is 2.76 bits per heavy atom. The SMILES string of the molecule is CCNC(=NCc1ncnn1C)NCCNC(=O)c1cccc(Br)c1. The molecule has 0 aliphatic carbocycles. The maximum Gasteiger partial charge on any atom is 0.251 e. The molecular weight excluding hydrogens is 386 g/mol. The maximum atomic E-state index is 12.1. The zero-order valence-corrected chi connectivity index (χ0v) is 15.9. The van der Waals surface area contributed by atoms with E-state index in [1.54, 1.807) is 16.8 Å². The van der Waals surface area contributed by atoms with Gasteiger partial charge in [-0.25, -0.2) is 9.98 Å². The summed E-state index contributed by atoms with van der Waals surface area (Å²) in [7, 11) is 1.83. The van der Waals surface area contributed by atoms with E-state index in [2.05, 4.69) is 47.0 Å². The number of hydrogen-bond acceptors (Lipinski definition) is 4. The summed E-state index contributed by atoms with van der Waals surface area (Å²) in [6.07, 6.45) is 1.50. The number of nitrogens with zero attached hydrogens (tertiary/aromatic N) is 4. The molecule has 0 bridgehead atoms. The van der Waals surface area contributed by atoms with Gasteiger partial charge < -0.3 is 16.0 Å². The number of carbonyl (C=O) groups is 1. The van der Waals surface area contributed by atoms with Gasteiger partial charge in [-0.3, -0.25) is 9.48 Å². The summed E-state index contributed by atoms with van der Waals surface area (Å²) in [5.41, 5.74) is 0.622. The fourth-order valence-corrected chi connectivity index (χ4v) is 2.44. The van der Waals surface area contributed by atoms with Crippen LogP contribution in [0.15, 0.2) is 40.1 Å². The molecule has 2 rings (SSSR count). The zero-order valence-electron chi connectivity index (χ0n) is 14.3. The fraction of sp³-hybridized carbons (Fsp3) is 0.375. The largest absolute Gasteiger partial charge is 0.357 e. The summed E-state index contributed by atoms with van der Waals surface area (Å²) in [4.78, 5) is 20.7. The van der Waals surface area contributed by atoms with Crippen molar-refractivity contribution in [1.82, 2.24) is 30.7 Å². The summed E-state index contributed by atoms with van der Waals surface area (Å²) in [6, 6.07) is 7.28. The van der Waals surface area contributed by atoms with Crippen molar-refractivity contribution in [2.24, 2.45) is 12.0 Å². The number of aromatic nitrogens is 3. The van der Waals surface area contributed by atoms with E-state index in [0.717, 1.165) is 16.8 Å². The van der Waals surface area contributed by atoms with Gasteiger partial charge in [0.1, 0.15) is 18.7 Å². The Hall–Kier alpha value is -2.42.